The molecule has 0 amide bonds. The third kappa shape index (κ3) is 3.50. The Morgan fingerprint density at radius 3 is 2.29 bits per heavy atom. The summed E-state index contributed by atoms with van der Waals surface area (Å²) in [6.45, 7) is 5.58. The molecule has 0 spiro atoms. The molecule has 2 fully saturated rings. The molecule has 1 aromatic rings. The third-order valence-corrected chi connectivity index (χ3v) is 5.19. The molecule has 0 unspecified atom stereocenters. The summed E-state index contributed by atoms with van der Waals surface area (Å²) in [5, 5.41) is 8.74. The molecule has 3 rings (SSSR count). The summed E-state index contributed by atoms with van der Waals surface area (Å²) < 4.78 is 2.42. The van der Waals surface area contributed by atoms with Crippen LogP contribution in [0.4, 0.5) is 0 Å². The van der Waals surface area contributed by atoms with Crippen LogP contribution < -0.4 is 5.32 Å². The molecule has 2 aliphatic carbocycles. The first-order chi connectivity index (χ1) is 10.3. The standard InChI is InChI=1S/C18H31N3/c1-3-17-16(13-19-14-11-12-14)18(4-2)21(20-17)15-9-7-5-6-8-10-15/h14-15,19H,3-13H2,1-2H3. The van der Waals surface area contributed by atoms with Gasteiger partial charge in [-0.15, -0.1) is 0 Å². The van der Waals surface area contributed by atoms with E-state index in [1.54, 1.807) is 0 Å². The molecule has 1 N–H and O–H groups in total. The van der Waals surface area contributed by atoms with Crippen LogP contribution in [0.2, 0.25) is 0 Å². The highest BCUT2D eigenvalue weighted by Gasteiger charge is 2.25. The molecule has 1 heterocycles. The topological polar surface area (TPSA) is 29.9 Å². The van der Waals surface area contributed by atoms with Gasteiger partial charge < -0.3 is 5.32 Å². The third-order valence-electron chi connectivity index (χ3n) is 5.19. The Labute approximate surface area is 129 Å². The predicted molar refractivity (Wildman–Crippen MR) is 87.6 cm³/mol. The van der Waals surface area contributed by atoms with Gasteiger partial charge in [0.25, 0.3) is 0 Å². The van der Waals surface area contributed by atoms with Crippen LogP contribution in [-0.2, 0) is 19.4 Å². The van der Waals surface area contributed by atoms with Crippen LogP contribution in [0.25, 0.3) is 0 Å². The smallest absolute Gasteiger partial charge is 0.0669 e. The fraction of sp³-hybridized carbons (Fsp3) is 0.833. The van der Waals surface area contributed by atoms with Gasteiger partial charge in [0.1, 0.15) is 0 Å². The molecule has 21 heavy (non-hydrogen) atoms. The van der Waals surface area contributed by atoms with Gasteiger partial charge in [-0.05, 0) is 38.5 Å². The van der Waals surface area contributed by atoms with Crippen molar-refractivity contribution in [2.45, 2.75) is 96.7 Å². The molecule has 0 bridgehead atoms. The van der Waals surface area contributed by atoms with E-state index in [9.17, 15) is 0 Å². The lowest BCUT2D eigenvalue weighted by Crippen LogP contribution is -2.18. The highest BCUT2D eigenvalue weighted by molar-refractivity contribution is 5.27. The van der Waals surface area contributed by atoms with E-state index in [1.807, 2.05) is 0 Å². The highest BCUT2D eigenvalue weighted by atomic mass is 15.3. The number of nitrogens with one attached hydrogen (secondary N) is 1. The Balaban J connectivity index is 1.83. The van der Waals surface area contributed by atoms with Crippen LogP contribution >= 0.6 is 0 Å². The van der Waals surface area contributed by atoms with Gasteiger partial charge in [0.15, 0.2) is 0 Å². The quantitative estimate of drug-likeness (QED) is 0.797. The first-order valence-electron chi connectivity index (χ1n) is 9.16. The molecule has 0 radical (unpaired) electrons. The molecular formula is C18H31N3. The first-order valence-corrected chi connectivity index (χ1v) is 9.16. The maximum absolute atomic E-state index is 5.04. The van der Waals surface area contributed by atoms with Crippen LogP contribution in [0.15, 0.2) is 0 Å². The zero-order valence-corrected chi connectivity index (χ0v) is 13.8. The molecular weight excluding hydrogens is 258 g/mol. The Morgan fingerprint density at radius 1 is 1.00 bits per heavy atom. The lowest BCUT2D eigenvalue weighted by atomic mass is 10.1. The molecule has 0 atom stereocenters. The Bertz CT molecular complexity index is 451. The second-order valence-corrected chi connectivity index (χ2v) is 6.82. The summed E-state index contributed by atoms with van der Waals surface area (Å²) in [6, 6.07) is 1.43. The summed E-state index contributed by atoms with van der Waals surface area (Å²) in [4.78, 5) is 0. The number of hydrogen-bond acceptors (Lipinski definition) is 2. The minimum atomic E-state index is 0.655. The minimum absolute atomic E-state index is 0.655. The minimum Gasteiger partial charge on any atom is -0.310 e. The van der Waals surface area contributed by atoms with Gasteiger partial charge in [-0.25, -0.2) is 0 Å². The first kappa shape index (κ1) is 15.1. The van der Waals surface area contributed by atoms with Gasteiger partial charge in [0, 0.05) is 23.8 Å². The number of rotatable bonds is 6. The number of aromatic nitrogens is 2. The lowest BCUT2D eigenvalue weighted by Gasteiger charge is -2.18. The van der Waals surface area contributed by atoms with Crippen molar-refractivity contribution in [3.63, 3.8) is 0 Å². The highest BCUT2D eigenvalue weighted by Crippen LogP contribution is 2.30. The van der Waals surface area contributed by atoms with Gasteiger partial charge in [-0.3, -0.25) is 4.68 Å². The summed E-state index contributed by atoms with van der Waals surface area (Å²) in [5.74, 6) is 0. The zero-order chi connectivity index (χ0) is 14.7. The van der Waals surface area contributed by atoms with E-state index < -0.39 is 0 Å². The average molecular weight is 289 g/mol. The van der Waals surface area contributed by atoms with Crippen LogP contribution in [0.1, 0.15) is 88.2 Å². The van der Waals surface area contributed by atoms with Gasteiger partial charge in [0.2, 0.25) is 0 Å². The van der Waals surface area contributed by atoms with Gasteiger partial charge in [0.05, 0.1) is 11.7 Å². The molecule has 0 saturated heterocycles. The van der Waals surface area contributed by atoms with E-state index in [1.165, 1.54) is 68.3 Å². The summed E-state index contributed by atoms with van der Waals surface area (Å²) >= 11 is 0. The predicted octanol–water partition coefficient (Wildman–Crippen LogP) is 4.16. The molecule has 118 valence electrons. The number of nitrogens with zero attached hydrogens (tertiary/aromatic N) is 2. The molecule has 3 nitrogen and oxygen atoms in total. The van der Waals surface area contributed by atoms with Crippen molar-refractivity contribution in [1.82, 2.24) is 15.1 Å². The van der Waals surface area contributed by atoms with E-state index in [0.29, 0.717) is 6.04 Å². The fourth-order valence-corrected chi connectivity index (χ4v) is 3.76. The maximum atomic E-state index is 5.04. The molecule has 3 heteroatoms. The van der Waals surface area contributed by atoms with Crippen LogP contribution in [0, 0.1) is 0 Å². The largest absolute Gasteiger partial charge is 0.310 e. The van der Waals surface area contributed by atoms with Crippen LogP contribution in [-0.4, -0.2) is 15.8 Å². The van der Waals surface area contributed by atoms with E-state index >= 15 is 0 Å². The molecule has 2 saturated carbocycles. The van der Waals surface area contributed by atoms with Crippen molar-refractivity contribution in [3.8, 4) is 0 Å². The summed E-state index contributed by atoms with van der Waals surface area (Å²) in [7, 11) is 0. The second kappa shape index (κ2) is 6.95. The molecule has 0 aromatic carbocycles. The van der Waals surface area contributed by atoms with Gasteiger partial charge in [-0.1, -0.05) is 39.5 Å². The second-order valence-electron chi connectivity index (χ2n) is 6.82. The van der Waals surface area contributed by atoms with E-state index in [4.69, 9.17) is 5.10 Å². The zero-order valence-electron chi connectivity index (χ0n) is 13.8. The summed E-state index contributed by atoms with van der Waals surface area (Å²) in [5.41, 5.74) is 4.35. The molecule has 1 aromatic heterocycles. The van der Waals surface area contributed by atoms with Crippen molar-refractivity contribution >= 4 is 0 Å². The van der Waals surface area contributed by atoms with Crippen molar-refractivity contribution < 1.29 is 0 Å². The Hall–Kier alpha value is -0.830. The average Bonchev–Trinajstić information content (AvgIpc) is 3.30. The van der Waals surface area contributed by atoms with Crippen LogP contribution in [0.3, 0.4) is 0 Å². The van der Waals surface area contributed by atoms with Gasteiger partial charge >= 0.3 is 0 Å². The van der Waals surface area contributed by atoms with E-state index in [2.05, 4.69) is 23.8 Å². The van der Waals surface area contributed by atoms with Crippen molar-refractivity contribution in [3.05, 3.63) is 17.0 Å². The lowest BCUT2D eigenvalue weighted by molar-refractivity contribution is 0.391. The summed E-state index contributed by atoms with van der Waals surface area (Å²) in [6.07, 6.45) is 13.1. The van der Waals surface area contributed by atoms with Crippen LogP contribution in [0.5, 0.6) is 0 Å². The normalized spacial score (nSPS) is 20.7. The monoisotopic (exact) mass is 289 g/mol. The molecule has 0 aliphatic heterocycles. The number of aryl methyl sites for hydroxylation is 1. The Kier molecular flexibility index (Phi) is 4.99. The van der Waals surface area contributed by atoms with E-state index in [-0.39, 0.29) is 0 Å². The van der Waals surface area contributed by atoms with Crippen molar-refractivity contribution in [2.24, 2.45) is 0 Å². The molecule has 2 aliphatic rings. The van der Waals surface area contributed by atoms with Gasteiger partial charge in [-0.2, -0.15) is 5.10 Å². The van der Waals surface area contributed by atoms with Crippen molar-refractivity contribution in [1.29, 1.82) is 0 Å². The van der Waals surface area contributed by atoms with E-state index in [0.717, 1.165) is 25.4 Å². The fourth-order valence-electron chi connectivity index (χ4n) is 3.76. The van der Waals surface area contributed by atoms with Crippen molar-refractivity contribution in [2.75, 3.05) is 0 Å². The number of hydrogen-bond donors (Lipinski definition) is 1. The SMILES string of the molecule is CCc1nn(C2CCCCCC2)c(CC)c1CNC1CC1. The Morgan fingerprint density at radius 2 is 1.71 bits per heavy atom. The maximum Gasteiger partial charge on any atom is 0.0669 e.